The third kappa shape index (κ3) is 5.53. The number of amides is 1. The zero-order valence-corrected chi connectivity index (χ0v) is 16.9. The molecule has 0 spiro atoms. The Hall–Kier alpha value is -2.93. The second kappa shape index (κ2) is 9.85. The Bertz CT molecular complexity index is 868. The van der Waals surface area contributed by atoms with Gasteiger partial charge in [-0.05, 0) is 36.2 Å². The fourth-order valence-corrected chi connectivity index (χ4v) is 2.62. The van der Waals surface area contributed by atoms with Crippen LogP contribution in [-0.4, -0.2) is 39.8 Å². The van der Waals surface area contributed by atoms with Crippen molar-refractivity contribution in [1.29, 1.82) is 0 Å². The molecule has 28 heavy (non-hydrogen) atoms. The van der Waals surface area contributed by atoms with Crippen molar-refractivity contribution in [2.24, 2.45) is 0 Å². The zero-order valence-electron chi connectivity index (χ0n) is 16.1. The molecule has 0 saturated heterocycles. The van der Waals surface area contributed by atoms with E-state index in [1.54, 1.807) is 37.3 Å². The molecule has 0 fully saturated rings. The highest BCUT2D eigenvalue weighted by Crippen LogP contribution is 2.31. The lowest BCUT2D eigenvalue weighted by molar-refractivity contribution is -0.146. The van der Waals surface area contributed by atoms with Crippen molar-refractivity contribution in [3.8, 4) is 17.2 Å². The standard InChI is InChI=1S/C20H22ClNO6/c1-12-7-15(17(26-3)10-14(12)21)22-19(23)11-28-20(24)9-13-5-6-16(25-2)18(8-13)27-4/h5-8,10H,9,11H2,1-4H3,(H,22,23). The number of aryl methyl sites for hydroxylation is 1. The first-order valence-electron chi connectivity index (χ1n) is 8.38. The summed E-state index contributed by atoms with van der Waals surface area (Å²) >= 11 is 6.04. The van der Waals surface area contributed by atoms with Crippen molar-refractivity contribution in [3.05, 3.63) is 46.5 Å². The molecular formula is C20H22ClNO6. The van der Waals surface area contributed by atoms with Crippen LogP contribution in [0.1, 0.15) is 11.1 Å². The van der Waals surface area contributed by atoms with E-state index in [1.165, 1.54) is 21.3 Å². The van der Waals surface area contributed by atoms with Gasteiger partial charge < -0.3 is 24.3 Å². The van der Waals surface area contributed by atoms with Crippen LogP contribution in [0.4, 0.5) is 5.69 Å². The summed E-state index contributed by atoms with van der Waals surface area (Å²) in [5, 5.41) is 3.17. The largest absolute Gasteiger partial charge is 0.495 e. The van der Waals surface area contributed by atoms with Crippen LogP contribution < -0.4 is 19.5 Å². The molecule has 2 rings (SSSR count). The lowest BCUT2D eigenvalue weighted by Gasteiger charge is -2.12. The van der Waals surface area contributed by atoms with Gasteiger partial charge >= 0.3 is 5.97 Å². The number of benzene rings is 2. The van der Waals surface area contributed by atoms with Gasteiger partial charge in [0.2, 0.25) is 0 Å². The number of carbonyl (C=O) groups excluding carboxylic acids is 2. The highest BCUT2D eigenvalue weighted by atomic mass is 35.5. The molecule has 0 atom stereocenters. The second-order valence-corrected chi connectivity index (χ2v) is 6.28. The summed E-state index contributed by atoms with van der Waals surface area (Å²) in [4.78, 5) is 24.1. The second-order valence-electron chi connectivity index (χ2n) is 5.88. The minimum atomic E-state index is -0.540. The van der Waals surface area contributed by atoms with Gasteiger partial charge in [-0.2, -0.15) is 0 Å². The smallest absolute Gasteiger partial charge is 0.310 e. The predicted octanol–water partition coefficient (Wildman–Crippen LogP) is 3.40. The molecule has 8 heteroatoms. The molecule has 1 N–H and O–H groups in total. The van der Waals surface area contributed by atoms with Gasteiger partial charge in [0.25, 0.3) is 5.91 Å². The monoisotopic (exact) mass is 407 g/mol. The number of rotatable bonds is 8. The van der Waals surface area contributed by atoms with Crippen LogP contribution in [-0.2, 0) is 20.7 Å². The zero-order chi connectivity index (χ0) is 20.7. The average Bonchev–Trinajstić information content (AvgIpc) is 2.68. The number of esters is 1. The lowest BCUT2D eigenvalue weighted by atomic mass is 10.1. The molecule has 0 bridgehead atoms. The molecule has 0 aliphatic carbocycles. The Morgan fingerprint density at radius 1 is 0.964 bits per heavy atom. The van der Waals surface area contributed by atoms with Gasteiger partial charge in [-0.25, -0.2) is 0 Å². The number of methoxy groups -OCH3 is 3. The molecule has 0 unspecified atom stereocenters. The Labute approximate surface area is 168 Å². The third-order valence-electron chi connectivity index (χ3n) is 3.92. The quantitative estimate of drug-likeness (QED) is 0.675. The van der Waals surface area contributed by atoms with Gasteiger partial charge in [0.15, 0.2) is 18.1 Å². The Morgan fingerprint density at radius 3 is 2.29 bits per heavy atom. The molecule has 150 valence electrons. The number of halogens is 1. The maximum absolute atomic E-state index is 12.1. The normalized spacial score (nSPS) is 10.2. The summed E-state index contributed by atoms with van der Waals surface area (Å²) in [5.74, 6) is 0.463. The van der Waals surface area contributed by atoms with Gasteiger partial charge in [-0.3, -0.25) is 9.59 Å². The Balaban J connectivity index is 1.93. The maximum atomic E-state index is 12.1. The molecule has 0 saturated carbocycles. The van der Waals surface area contributed by atoms with Crippen molar-refractivity contribution in [3.63, 3.8) is 0 Å². The minimum Gasteiger partial charge on any atom is -0.495 e. The van der Waals surface area contributed by atoms with Gasteiger partial charge in [0.05, 0.1) is 33.4 Å². The summed E-state index contributed by atoms with van der Waals surface area (Å²) in [7, 11) is 4.51. The molecule has 0 aromatic heterocycles. The van der Waals surface area contributed by atoms with Crippen molar-refractivity contribution >= 4 is 29.2 Å². The SMILES string of the molecule is COc1cc(Cl)c(C)cc1NC(=O)COC(=O)Cc1ccc(OC)c(OC)c1. The highest BCUT2D eigenvalue weighted by Gasteiger charge is 2.14. The summed E-state index contributed by atoms with van der Waals surface area (Å²) in [6, 6.07) is 8.40. The molecule has 1 amide bonds. The van der Waals surface area contributed by atoms with Crippen LogP contribution in [0.15, 0.2) is 30.3 Å². The highest BCUT2D eigenvalue weighted by molar-refractivity contribution is 6.31. The summed E-state index contributed by atoms with van der Waals surface area (Å²) in [6.45, 7) is 1.39. The van der Waals surface area contributed by atoms with Crippen LogP contribution in [0.2, 0.25) is 5.02 Å². The third-order valence-corrected chi connectivity index (χ3v) is 4.32. The lowest BCUT2D eigenvalue weighted by Crippen LogP contribution is -2.22. The van der Waals surface area contributed by atoms with Gasteiger partial charge in [-0.1, -0.05) is 17.7 Å². The summed E-state index contributed by atoms with van der Waals surface area (Å²) in [6.07, 6.45) is -0.00297. The molecule has 0 heterocycles. The van der Waals surface area contributed by atoms with E-state index in [1.807, 2.05) is 0 Å². The number of ether oxygens (including phenoxy) is 4. The van der Waals surface area contributed by atoms with Crippen LogP contribution in [0.3, 0.4) is 0 Å². The van der Waals surface area contributed by atoms with Crippen LogP contribution in [0.25, 0.3) is 0 Å². The molecule has 0 radical (unpaired) electrons. The van der Waals surface area contributed by atoms with E-state index in [-0.39, 0.29) is 6.42 Å². The number of anilines is 1. The van der Waals surface area contributed by atoms with Crippen molar-refractivity contribution in [2.75, 3.05) is 33.3 Å². The van der Waals surface area contributed by atoms with Crippen molar-refractivity contribution in [1.82, 2.24) is 0 Å². The van der Waals surface area contributed by atoms with Gasteiger partial charge in [-0.15, -0.1) is 0 Å². The maximum Gasteiger partial charge on any atom is 0.310 e. The van der Waals surface area contributed by atoms with Crippen molar-refractivity contribution in [2.45, 2.75) is 13.3 Å². The van der Waals surface area contributed by atoms with Crippen LogP contribution in [0, 0.1) is 6.92 Å². The minimum absolute atomic E-state index is 0.00297. The molecule has 0 aliphatic rings. The fourth-order valence-electron chi connectivity index (χ4n) is 2.47. The number of hydrogen-bond acceptors (Lipinski definition) is 6. The predicted molar refractivity (Wildman–Crippen MR) is 106 cm³/mol. The molecule has 7 nitrogen and oxygen atoms in total. The molecule has 2 aromatic carbocycles. The summed E-state index contributed by atoms with van der Waals surface area (Å²) in [5.41, 5.74) is 1.91. The van der Waals surface area contributed by atoms with E-state index in [9.17, 15) is 9.59 Å². The first-order valence-corrected chi connectivity index (χ1v) is 8.76. The van der Waals surface area contributed by atoms with E-state index in [2.05, 4.69) is 5.32 Å². The van der Waals surface area contributed by atoms with E-state index >= 15 is 0 Å². The number of hydrogen-bond donors (Lipinski definition) is 1. The Kier molecular flexibility index (Phi) is 7.52. The Morgan fingerprint density at radius 2 is 1.64 bits per heavy atom. The van der Waals surface area contributed by atoms with Crippen LogP contribution >= 0.6 is 11.6 Å². The van der Waals surface area contributed by atoms with Gasteiger partial charge in [0.1, 0.15) is 5.75 Å². The first kappa shape index (κ1) is 21.4. The van der Waals surface area contributed by atoms with Gasteiger partial charge in [0, 0.05) is 11.1 Å². The molecule has 0 aliphatic heterocycles. The fraction of sp³-hybridized carbons (Fsp3) is 0.300. The molecular weight excluding hydrogens is 386 g/mol. The first-order chi connectivity index (χ1) is 13.4. The van der Waals surface area contributed by atoms with Crippen molar-refractivity contribution < 1.29 is 28.5 Å². The summed E-state index contributed by atoms with van der Waals surface area (Å²) < 4.78 is 20.6. The van der Waals surface area contributed by atoms with E-state index < -0.39 is 18.5 Å². The number of carbonyl (C=O) groups is 2. The average molecular weight is 408 g/mol. The topological polar surface area (TPSA) is 83.1 Å². The number of nitrogens with one attached hydrogen (secondary N) is 1. The van der Waals surface area contributed by atoms with Crippen LogP contribution in [0.5, 0.6) is 17.2 Å². The van der Waals surface area contributed by atoms with E-state index in [4.69, 9.17) is 30.5 Å². The molecule has 2 aromatic rings. The van der Waals surface area contributed by atoms with E-state index in [0.717, 1.165) is 5.56 Å². The van der Waals surface area contributed by atoms with E-state index in [0.29, 0.717) is 33.5 Å².